The van der Waals surface area contributed by atoms with Gasteiger partial charge < -0.3 is 10.2 Å². The minimum atomic E-state index is -0.0169. The minimum Gasteiger partial charge on any atom is -0.333 e. The molecular weight excluding hydrogens is 332 g/mol. The number of nitrogens with one attached hydrogen (secondary N) is 1. The number of rotatable bonds is 3. The van der Waals surface area contributed by atoms with Crippen molar-refractivity contribution in [3.05, 3.63) is 75.7 Å². The first-order valence-electron chi connectivity index (χ1n) is 8.32. The van der Waals surface area contributed by atoms with Gasteiger partial charge in [-0.05, 0) is 28.1 Å². The Morgan fingerprint density at radius 3 is 2.96 bits per heavy atom. The van der Waals surface area contributed by atoms with E-state index in [2.05, 4.69) is 28.6 Å². The molecule has 0 radical (unpaired) electrons. The summed E-state index contributed by atoms with van der Waals surface area (Å²) in [6, 6.07) is 12.4. The number of amides is 2. The van der Waals surface area contributed by atoms with Gasteiger partial charge >= 0.3 is 6.03 Å². The summed E-state index contributed by atoms with van der Waals surface area (Å²) in [7, 11) is 1.92. The topological polar surface area (TPSA) is 50.2 Å². The summed E-state index contributed by atoms with van der Waals surface area (Å²) in [5.74, 6) is 0.158. The SMILES string of the molecule is Cn1cc(C2CN(C(=O)NCc3cccs3)Cc3ccccc32)cn1. The highest BCUT2D eigenvalue weighted by Gasteiger charge is 2.29. The van der Waals surface area contributed by atoms with Crippen LogP contribution in [0.25, 0.3) is 0 Å². The lowest BCUT2D eigenvalue weighted by atomic mass is 9.86. The average molecular weight is 352 g/mol. The van der Waals surface area contributed by atoms with E-state index in [-0.39, 0.29) is 11.9 Å². The zero-order valence-electron chi connectivity index (χ0n) is 14.1. The van der Waals surface area contributed by atoms with Gasteiger partial charge in [0.1, 0.15) is 0 Å². The lowest BCUT2D eigenvalue weighted by Crippen LogP contribution is -2.44. The largest absolute Gasteiger partial charge is 0.333 e. The van der Waals surface area contributed by atoms with Crippen molar-refractivity contribution in [2.75, 3.05) is 6.54 Å². The lowest BCUT2D eigenvalue weighted by molar-refractivity contribution is 0.188. The number of thiophene rings is 1. The van der Waals surface area contributed by atoms with E-state index in [0.29, 0.717) is 19.6 Å². The minimum absolute atomic E-state index is 0.0169. The maximum Gasteiger partial charge on any atom is 0.318 e. The molecule has 0 fully saturated rings. The van der Waals surface area contributed by atoms with Gasteiger partial charge in [0.05, 0.1) is 12.7 Å². The number of nitrogens with zero attached hydrogens (tertiary/aromatic N) is 3. The first-order valence-corrected chi connectivity index (χ1v) is 9.20. The Kier molecular flexibility index (Phi) is 4.28. The third-order valence-corrected chi connectivity index (χ3v) is 5.48. The van der Waals surface area contributed by atoms with Gasteiger partial charge in [-0.1, -0.05) is 30.3 Å². The molecule has 0 saturated heterocycles. The Morgan fingerprint density at radius 2 is 2.20 bits per heavy atom. The smallest absolute Gasteiger partial charge is 0.318 e. The molecule has 0 saturated carbocycles. The van der Waals surface area contributed by atoms with E-state index >= 15 is 0 Å². The molecule has 1 unspecified atom stereocenters. The number of fused-ring (bicyclic) bond motifs is 1. The van der Waals surface area contributed by atoms with Crippen LogP contribution in [0.15, 0.2) is 54.2 Å². The van der Waals surface area contributed by atoms with E-state index in [1.807, 2.05) is 52.6 Å². The number of carbonyl (C=O) groups is 1. The number of hydrogen-bond donors (Lipinski definition) is 1. The maximum absolute atomic E-state index is 12.7. The second-order valence-corrected chi connectivity index (χ2v) is 7.35. The summed E-state index contributed by atoms with van der Waals surface area (Å²) in [6.45, 7) is 1.88. The Hall–Kier alpha value is -2.60. The second-order valence-electron chi connectivity index (χ2n) is 6.32. The van der Waals surface area contributed by atoms with E-state index in [1.165, 1.54) is 11.1 Å². The first-order chi connectivity index (χ1) is 12.2. The molecule has 1 aromatic carbocycles. The first kappa shape index (κ1) is 15.9. The van der Waals surface area contributed by atoms with E-state index in [0.717, 1.165) is 10.4 Å². The predicted molar refractivity (Wildman–Crippen MR) is 98.5 cm³/mol. The average Bonchev–Trinajstić information content (AvgIpc) is 3.30. The quantitative estimate of drug-likeness (QED) is 0.786. The van der Waals surface area contributed by atoms with Crippen LogP contribution in [0.1, 0.15) is 27.5 Å². The molecule has 1 atom stereocenters. The summed E-state index contributed by atoms with van der Waals surface area (Å²) >= 11 is 1.66. The van der Waals surface area contributed by atoms with Gasteiger partial charge in [-0.3, -0.25) is 4.68 Å². The monoisotopic (exact) mass is 352 g/mol. The Balaban J connectivity index is 1.55. The summed E-state index contributed by atoms with van der Waals surface area (Å²) in [6.07, 6.45) is 3.93. The van der Waals surface area contributed by atoms with Gasteiger partial charge in [0.25, 0.3) is 0 Å². The van der Waals surface area contributed by atoms with Gasteiger partial charge in [-0.2, -0.15) is 5.10 Å². The van der Waals surface area contributed by atoms with Gasteiger partial charge in [0.2, 0.25) is 0 Å². The number of carbonyl (C=O) groups excluding carboxylic acids is 1. The fourth-order valence-electron chi connectivity index (χ4n) is 3.35. The van der Waals surface area contributed by atoms with E-state index in [9.17, 15) is 4.79 Å². The van der Waals surface area contributed by atoms with E-state index in [4.69, 9.17) is 0 Å². The van der Waals surface area contributed by atoms with Crippen LogP contribution in [-0.2, 0) is 20.1 Å². The molecule has 0 spiro atoms. The van der Waals surface area contributed by atoms with E-state index < -0.39 is 0 Å². The second kappa shape index (κ2) is 6.72. The predicted octanol–water partition coefficient (Wildman–Crippen LogP) is 3.34. The standard InChI is InChI=1S/C19H20N4OS/c1-22-11-15(9-21-22)18-13-23(12-14-5-2-3-7-17(14)18)19(24)20-10-16-6-4-8-25-16/h2-9,11,18H,10,12-13H2,1H3,(H,20,24). The molecule has 2 amide bonds. The highest BCUT2D eigenvalue weighted by Crippen LogP contribution is 2.33. The zero-order valence-corrected chi connectivity index (χ0v) is 14.9. The molecule has 5 nitrogen and oxygen atoms in total. The van der Waals surface area contributed by atoms with Gasteiger partial charge in [-0.15, -0.1) is 11.3 Å². The van der Waals surface area contributed by atoms with Crippen LogP contribution in [0, 0.1) is 0 Å². The number of hydrogen-bond acceptors (Lipinski definition) is 3. The van der Waals surface area contributed by atoms with E-state index in [1.54, 1.807) is 11.3 Å². The Bertz CT molecular complexity index is 871. The fraction of sp³-hybridized carbons (Fsp3) is 0.263. The third kappa shape index (κ3) is 3.30. The van der Waals surface area contributed by atoms with Crippen LogP contribution < -0.4 is 5.32 Å². The van der Waals surface area contributed by atoms with Crippen molar-refractivity contribution < 1.29 is 4.79 Å². The number of benzene rings is 1. The Labute approximate surface area is 150 Å². The van der Waals surface area contributed by atoms with Crippen molar-refractivity contribution >= 4 is 17.4 Å². The highest BCUT2D eigenvalue weighted by molar-refractivity contribution is 7.09. The van der Waals surface area contributed by atoms with Crippen molar-refractivity contribution in [1.29, 1.82) is 0 Å². The summed E-state index contributed by atoms with van der Waals surface area (Å²) in [5.41, 5.74) is 3.64. The summed E-state index contributed by atoms with van der Waals surface area (Å²) in [4.78, 5) is 15.7. The molecule has 6 heteroatoms. The summed E-state index contributed by atoms with van der Waals surface area (Å²) in [5, 5.41) is 9.37. The lowest BCUT2D eigenvalue weighted by Gasteiger charge is -2.34. The van der Waals surface area contributed by atoms with Crippen LogP contribution in [0.5, 0.6) is 0 Å². The molecule has 1 N–H and O–H groups in total. The van der Waals surface area contributed by atoms with Gasteiger partial charge in [0, 0.05) is 37.1 Å². The van der Waals surface area contributed by atoms with Crippen molar-refractivity contribution in [3.63, 3.8) is 0 Å². The molecule has 3 heterocycles. The number of aromatic nitrogens is 2. The Morgan fingerprint density at radius 1 is 1.32 bits per heavy atom. The molecule has 25 heavy (non-hydrogen) atoms. The number of aryl methyl sites for hydroxylation is 1. The number of urea groups is 1. The molecule has 4 rings (SSSR count). The molecule has 0 bridgehead atoms. The normalized spacial score (nSPS) is 16.5. The molecule has 128 valence electrons. The molecular formula is C19H20N4OS. The van der Waals surface area contributed by atoms with Crippen molar-refractivity contribution in [2.45, 2.75) is 19.0 Å². The molecule has 2 aromatic heterocycles. The van der Waals surface area contributed by atoms with Gasteiger partial charge in [0.15, 0.2) is 0 Å². The van der Waals surface area contributed by atoms with Crippen LogP contribution in [0.4, 0.5) is 4.79 Å². The molecule has 1 aliphatic rings. The molecule has 1 aliphatic heterocycles. The van der Waals surface area contributed by atoms with Crippen LogP contribution in [-0.4, -0.2) is 27.3 Å². The zero-order chi connectivity index (χ0) is 17.2. The van der Waals surface area contributed by atoms with Crippen molar-refractivity contribution in [1.82, 2.24) is 20.0 Å². The third-order valence-electron chi connectivity index (χ3n) is 4.60. The highest BCUT2D eigenvalue weighted by atomic mass is 32.1. The van der Waals surface area contributed by atoms with Crippen molar-refractivity contribution in [2.24, 2.45) is 7.05 Å². The molecule has 0 aliphatic carbocycles. The van der Waals surface area contributed by atoms with Crippen LogP contribution in [0.3, 0.4) is 0 Å². The maximum atomic E-state index is 12.7. The van der Waals surface area contributed by atoms with Gasteiger partial charge in [-0.25, -0.2) is 4.79 Å². The molecule has 3 aromatic rings. The fourth-order valence-corrected chi connectivity index (χ4v) is 4.00. The van der Waals surface area contributed by atoms with Crippen LogP contribution in [0.2, 0.25) is 0 Å². The van der Waals surface area contributed by atoms with Crippen molar-refractivity contribution in [3.8, 4) is 0 Å². The summed E-state index contributed by atoms with van der Waals surface area (Å²) < 4.78 is 1.81. The van der Waals surface area contributed by atoms with Crippen LogP contribution >= 0.6 is 11.3 Å².